The van der Waals surface area contributed by atoms with Crippen LogP contribution in [0.3, 0.4) is 0 Å². The summed E-state index contributed by atoms with van der Waals surface area (Å²) in [6, 6.07) is 3.97. The van der Waals surface area contributed by atoms with Crippen molar-refractivity contribution < 1.29 is 4.79 Å². The Morgan fingerprint density at radius 1 is 1.29 bits per heavy atom. The molecular weight excluding hydrogens is 302 g/mol. The number of hydrogen-bond donors (Lipinski definition) is 2. The van der Waals surface area contributed by atoms with Crippen molar-refractivity contribution >= 4 is 11.7 Å². The van der Waals surface area contributed by atoms with E-state index in [1.165, 1.54) is 0 Å². The fraction of sp³-hybridized carbons (Fsp3) is 0.667. The molecule has 1 amide bonds. The second-order valence-electron chi connectivity index (χ2n) is 6.65. The van der Waals surface area contributed by atoms with Gasteiger partial charge in [0.15, 0.2) is 0 Å². The van der Waals surface area contributed by atoms with E-state index in [-0.39, 0.29) is 5.91 Å². The first-order chi connectivity index (χ1) is 11.6. The zero-order valence-electron chi connectivity index (χ0n) is 15.2. The molecule has 0 atom stereocenters. The zero-order chi connectivity index (χ0) is 17.6. The lowest BCUT2D eigenvalue weighted by atomic mass is 9.81. The molecule has 1 saturated heterocycles. The van der Waals surface area contributed by atoms with Crippen LogP contribution in [0.5, 0.6) is 0 Å². The van der Waals surface area contributed by atoms with Crippen molar-refractivity contribution in [1.82, 2.24) is 15.2 Å². The van der Waals surface area contributed by atoms with Crippen molar-refractivity contribution in [3.8, 4) is 0 Å². The van der Waals surface area contributed by atoms with E-state index in [2.05, 4.69) is 27.1 Å². The van der Waals surface area contributed by atoms with Crippen LogP contribution in [-0.4, -0.2) is 55.6 Å². The predicted octanol–water partition coefficient (Wildman–Crippen LogP) is 1.21. The molecule has 0 unspecified atom stereocenters. The maximum absolute atomic E-state index is 12.6. The summed E-state index contributed by atoms with van der Waals surface area (Å²) in [4.78, 5) is 21.8. The Labute approximate surface area is 145 Å². The molecule has 6 nitrogen and oxygen atoms in total. The quantitative estimate of drug-likeness (QED) is 0.785. The van der Waals surface area contributed by atoms with Gasteiger partial charge in [0.1, 0.15) is 5.82 Å². The summed E-state index contributed by atoms with van der Waals surface area (Å²) in [6.07, 6.45) is 3.33. The number of carbonyl (C=O) groups is 1. The number of rotatable bonds is 7. The largest absolute Gasteiger partial charge is 0.354 e. The average molecular weight is 333 g/mol. The topological polar surface area (TPSA) is 74.5 Å². The van der Waals surface area contributed by atoms with Crippen LogP contribution >= 0.6 is 0 Å². The van der Waals surface area contributed by atoms with E-state index in [1.54, 1.807) is 0 Å². The highest BCUT2D eigenvalue weighted by Crippen LogP contribution is 2.25. The average Bonchev–Trinajstić information content (AvgIpc) is 2.63. The minimum absolute atomic E-state index is 0.0446. The molecule has 1 aliphatic rings. The lowest BCUT2D eigenvalue weighted by Gasteiger charge is -2.34. The Hall–Kier alpha value is -1.66. The molecule has 1 aromatic heterocycles. The molecule has 0 aromatic carbocycles. The molecule has 1 aromatic rings. The van der Waals surface area contributed by atoms with Gasteiger partial charge in [0, 0.05) is 51.0 Å². The first-order valence-electron chi connectivity index (χ1n) is 8.92. The van der Waals surface area contributed by atoms with Crippen LogP contribution in [0.15, 0.2) is 18.3 Å². The smallest absolute Gasteiger partial charge is 0.227 e. The summed E-state index contributed by atoms with van der Waals surface area (Å²) in [5.74, 6) is 1.03. The van der Waals surface area contributed by atoms with Crippen molar-refractivity contribution in [1.29, 1.82) is 0 Å². The maximum atomic E-state index is 12.6. The van der Waals surface area contributed by atoms with Crippen molar-refractivity contribution in [2.24, 2.45) is 11.1 Å². The molecule has 3 N–H and O–H groups in total. The third kappa shape index (κ3) is 4.05. The molecule has 1 aliphatic heterocycles. The van der Waals surface area contributed by atoms with E-state index in [0.717, 1.165) is 50.4 Å². The molecule has 1 fully saturated rings. The molecule has 0 radical (unpaired) electrons. The Bertz CT molecular complexity index is 528. The van der Waals surface area contributed by atoms with Crippen molar-refractivity contribution in [3.63, 3.8) is 0 Å². The normalized spacial score (nSPS) is 16.2. The summed E-state index contributed by atoms with van der Waals surface area (Å²) in [5.41, 5.74) is 6.47. The number of nitrogens with two attached hydrogens (primary N) is 1. The number of hydrogen-bond acceptors (Lipinski definition) is 5. The Morgan fingerprint density at radius 2 is 1.96 bits per heavy atom. The molecule has 24 heavy (non-hydrogen) atoms. The molecule has 0 aliphatic carbocycles. The van der Waals surface area contributed by atoms with E-state index >= 15 is 0 Å². The van der Waals surface area contributed by atoms with Gasteiger partial charge in [-0.05, 0) is 26.0 Å². The molecule has 134 valence electrons. The maximum Gasteiger partial charge on any atom is 0.227 e. The van der Waals surface area contributed by atoms with Crippen molar-refractivity contribution in [2.45, 2.75) is 33.2 Å². The minimum Gasteiger partial charge on any atom is -0.354 e. The molecular formula is C18H31N5O. The van der Waals surface area contributed by atoms with Crippen LogP contribution in [0.4, 0.5) is 5.82 Å². The Morgan fingerprint density at radius 3 is 2.54 bits per heavy atom. The third-order valence-electron chi connectivity index (χ3n) is 5.34. The lowest BCUT2D eigenvalue weighted by molar-refractivity contribution is -0.131. The van der Waals surface area contributed by atoms with Gasteiger partial charge in [0.2, 0.25) is 5.91 Å². The number of likely N-dealkylation sites (N-methyl/N-ethyl adjacent to an activating group) is 1. The highest BCUT2D eigenvalue weighted by molar-refractivity contribution is 5.82. The van der Waals surface area contributed by atoms with Gasteiger partial charge in [0.25, 0.3) is 0 Å². The third-order valence-corrected chi connectivity index (χ3v) is 5.34. The van der Waals surface area contributed by atoms with Crippen LogP contribution in [-0.2, 0) is 11.3 Å². The summed E-state index contributed by atoms with van der Waals surface area (Å²) >= 11 is 0. The van der Waals surface area contributed by atoms with Crippen LogP contribution in [0.2, 0.25) is 0 Å². The van der Waals surface area contributed by atoms with Crippen molar-refractivity contribution in [2.75, 3.05) is 44.7 Å². The highest BCUT2D eigenvalue weighted by Gasteiger charge is 2.33. The number of aromatic nitrogens is 1. The number of piperazine rings is 1. The summed E-state index contributed by atoms with van der Waals surface area (Å²) < 4.78 is 0. The van der Waals surface area contributed by atoms with Gasteiger partial charge in [-0.15, -0.1) is 0 Å². The molecule has 6 heteroatoms. The number of pyridine rings is 1. The van der Waals surface area contributed by atoms with Gasteiger partial charge in [-0.3, -0.25) is 4.79 Å². The first-order valence-corrected chi connectivity index (χ1v) is 8.92. The van der Waals surface area contributed by atoms with Gasteiger partial charge in [-0.2, -0.15) is 0 Å². The molecule has 0 bridgehead atoms. The number of nitrogens with zero attached hydrogens (tertiary/aromatic N) is 3. The van der Waals surface area contributed by atoms with E-state index in [4.69, 9.17) is 5.73 Å². The fourth-order valence-electron chi connectivity index (χ4n) is 3.19. The minimum atomic E-state index is -0.462. The highest BCUT2D eigenvalue weighted by atomic mass is 16.2. The summed E-state index contributed by atoms with van der Waals surface area (Å²) in [6.45, 7) is 8.91. The van der Waals surface area contributed by atoms with E-state index in [0.29, 0.717) is 13.1 Å². The standard InChI is InChI=1S/C18H31N5O/c1-4-18(5-2,14-19)17(24)21-13-15-7-6-8-20-16(15)23-11-9-22(3)10-12-23/h6-8H,4-5,9-14,19H2,1-3H3,(H,21,24). The Balaban J connectivity index is 2.06. The lowest BCUT2D eigenvalue weighted by Crippen LogP contribution is -2.46. The van der Waals surface area contributed by atoms with Gasteiger partial charge >= 0.3 is 0 Å². The number of carbonyl (C=O) groups excluding carboxylic acids is 1. The zero-order valence-corrected chi connectivity index (χ0v) is 15.2. The summed E-state index contributed by atoms with van der Waals surface area (Å²) in [5, 5.41) is 3.08. The van der Waals surface area contributed by atoms with Crippen LogP contribution in [0.25, 0.3) is 0 Å². The summed E-state index contributed by atoms with van der Waals surface area (Å²) in [7, 11) is 2.14. The molecule has 2 rings (SSSR count). The van der Waals surface area contributed by atoms with Gasteiger partial charge in [-0.25, -0.2) is 4.98 Å². The number of amides is 1. The van der Waals surface area contributed by atoms with Gasteiger partial charge in [0.05, 0.1) is 5.41 Å². The number of anilines is 1. The monoisotopic (exact) mass is 333 g/mol. The molecule has 0 saturated carbocycles. The SMILES string of the molecule is CCC(CC)(CN)C(=O)NCc1cccnc1N1CCN(C)CC1. The molecule has 2 heterocycles. The predicted molar refractivity (Wildman–Crippen MR) is 97.9 cm³/mol. The van der Waals surface area contributed by atoms with Crippen molar-refractivity contribution in [3.05, 3.63) is 23.9 Å². The van der Waals surface area contributed by atoms with Crippen LogP contribution < -0.4 is 16.0 Å². The second kappa shape index (κ2) is 8.44. The number of nitrogens with one attached hydrogen (secondary N) is 1. The van der Waals surface area contributed by atoms with Crippen LogP contribution in [0, 0.1) is 5.41 Å². The fourth-order valence-corrected chi connectivity index (χ4v) is 3.19. The van der Waals surface area contributed by atoms with Crippen LogP contribution in [0.1, 0.15) is 32.3 Å². The first kappa shape index (κ1) is 18.7. The van der Waals surface area contributed by atoms with E-state index in [9.17, 15) is 4.79 Å². The second-order valence-corrected chi connectivity index (χ2v) is 6.65. The van der Waals surface area contributed by atoms with Gasteiger partial charge < -0.3 is 20.9 Å². The Kier molecular flexibility index (Phi) is 6.57. The van der Waals surface area contributed by atoms with E-state index < -0.39 is 5.41 Å². The van der Waals surface area contributed by atoms with Gasteiger partial charge in [-0.1, -0.05) is 19.9 Å². The van der Waals surface area contributed by atoms with E-state index in [1.807, 2.05) is 32.2 Å². The molecule has 0 spiro atoms.